The molecule has 1 heterocycles. The van der Waals surface area contributed by atoms with E-state index in [-0.39, 0.29) is 11.9 Å². The Hall–Kier alpha value is -1.10. The van der Waals surface area contributed by atoms with Gasteiger partial charge in [0, 0.05) is 17.4 Å². The number of hydrogen-bond acceptors (Lipinski definition) is 4. The molecule has 1 aromatic rings. The standard InChI is InChI=1S/C13H21N3OS/c1-6-8(2)14-12(17)7-18-13-15-10(4)9(3)11(5)16-13/h8H,6-7H2,1-5H3,(H,14,17)/t8-/m0/s1. The second-order valence-electron chi connectivity index (χ2n) is 4.47. The van der Waals surface area contributed by atoms with Crippen molar-refractivity contribution in [1.82, 2.24) is 15.3 Å². The summed E-state index contributed by atoms with van der Waals surface area (Å²) in [4.78, 5) is 20.4. The van der Waals surface area contributed by atoms with Crippen molar-refractivity contribution in [2.24, 2.45) is 0 Å². The summed E-state index contributed by atoms with van der Waals surface area (Å²) in [7, 11) is 0. The van der Waals surface area contributed by atoms with E-state index >= 15 is 0 Å². The summed E-state index contributed by atoms with van der Waals surface area (Å²) in [5.41, 5.74) is 3.07. The van der Waals surface area contributed by atoms with Gasteiger partial charge in [0.2, 0.25) is 5.91 Å². The van der Waals surface area contributed by atoms with E-state index in [1.165, 1.54) is 11.8 Å². The molecule has 1 N–H and O–H groups in total. The summed E-state index contributed by atoms with van der Waals surface area (Å²) in [6, 6.07) is 0.223. The maximum atomic E-state index is 11.6. The van der Waals surface area contributed by atoms with Crippen molar-refractivity contribution < 1.29 is 4.79 Å². The number of aromatic nitrogens is 2. The molecule has 1 atom stereocenters. The van der Waals surface area contributed by atoms with Crippen molar-refractivity contribution >= 4 is 17.7 Å². The molecule has 0 saturated carbocycles. The molecule has 0 saturated heterocycles. The molecule has 1 amide bonds. The van der Waals surface area contributed by atoms with Crippen LogP contribution in [0.4, 0.5) is 0 Å². The van der Waals surface area contributed by atoms with Gasteiger partial charge in [-0.1, -0.05) is 18.7 Å². The number of thioether (sulfide) groups is 1. The third kappa shape index (κ3) is 4.29. The number of carbonyl (C=O) groups is 1. The van der Waals surface area contributed by atoms with E-state index in [4.69, 9.17) is 0 Å². The first-order chi connectivity index (χ1) is 8.43. The molecule has 0 unspecified atom stereocenters. The lowest BCUT2D eigenvalue weighted by Gasteiger charge is -2.11. The second-order valence-corrected chi connectivity index (χ2v) is 5.41. The van der Waals surface area contributed by atoms with Gasteiger partial charge in [-0.05, 0) is 39.7 Å². The predicted molar refractivity (Wildman–Crippen MR) is 74.9 cm³/mol. The van der Waals surface area contributed by atoms with Gasteiger partial charge >= 0.3 is 0 Å². The number of nitrogens with one attached hydrogen (secondary N) is 1. The fraction of sp³-hybridized carbons (Fsp3) is 0.615. The number of carbonyl (C=O) groups excluding carboxylic acids is 1. The minimum Gasteiger partial charge on any atom is -0.353 e. The van der Waals surface area contributed by atoms with Crippen molar-refractivity contribution in [3.8, 4) is 0 Å². The highest BCUT2D eigenvalue weighted by atomic mass is 32.2. The Morgan fingerprint density at radius 3 is 2.33 bits per heavy atom. The lowest BCUT2D eigenvalue weighted by Crippen LogP contribution is -2.33. The van der Waals surface area contributed by atoms with Crippen LogP contribution in [-0.4, -0.2) is 27.7 Å². The van der Waals surface area contributed by atoms with E-state index < -0.39 is 0 Å². The van der Waals surface area contributed by atoms with Gasteiger partial charge in [-0.3, -0.25) is 4.79 Å². The Balaban J connectivity index is 2.56. The zero-order valence-corrected chi connectivity index (χ0v) is 12.5. The van der Waals surface area contributed by atoms with Crippen molar-refractivity contribution in [2.75, 3.05) is 5.75 Å². The van der Waals surface area contributed by atoms with Gasteiger partial charge in [0.1, 0.15) is 0 Å². The van der Waals surface area contributed by atoms with Crippen LogP contribution in [0, 0.1) is 20.8 Å². The van der Waals surface area contributed by atoms with Gasteiger partial charge in [-0.2, -0.15) is 0 Å². The maximum absolute atomic E-state index is 11.6. The summed E-state index contributed by atoms with van der Waals surface area (Å²) in [6.45, 7) is 9.99. The number of nitrogens with zero attached hydrogens (tertiary/aromatic N) is 2. The van der Waals surface area contributed by atoms with Gasteiger partial charge in [-0.25, -0.2) is 9.97 Å². The Morgan fingerprint density at radius 2 is 1.83 bits per heavy atom. The Labute approximate surface area is 113 Å². The number of rotatable bonds is 5. The molecule has 0 bridgehead atoms. The molecule has 0 fully saturated rings. The monoisotopic (exact) mass is 267 g/mol. The molecular weight excluding hydrogens is 246 g/mol. The van der Waals surface area contributed by atoms with Gasteiger partial charge in [0.25, 0.3) is 0 Å². The van der Waals surface area contributed by atoms with Crippen LogP contribution in [0.1, 0.15) is 37.2 Å². The van der Waals surface area contributed by atoms with Crippen molar-refractivity contribution in [2.45, 2.75) is 52.2 Å². The normalized spacial score (nSPS) is 12.3. The van der Waals surface area contributed by atoms with Crippen molar-refractivity contribution in [3.05, 3.63) is 17.0 Å². The Kier molecular flexibility index (Phi) is 5.59. The second kappa shape index (κ2) is 6.73. The van der Waals surface area contributed by atoms with Gasteiger partial charge in [-0.15, -0.1) is 0 Å². The van der Waals surface area contributed by atoms with E-state index in [9.17, 15) is 4.79 Å². The smallest absolute Gasteiger partial charge is 0.230 e. The summed E-state index contributed by atoms with van der Waals surface area (Å²) >= 11 is 1.38. The summed E-state index contributed by atoms with van der Waals surface area (Å²) in [5.74, 6) is 0.403. The number of amides is 1. The Morgan fingerprint density at radius 1 is 1.28 bits per heavy atom. The van der Waals surface area contributed by atoms with E-state index in [1.54, 1.807) is 0 Å². The minimum absolute atomic E-state index is 0.0360. The molecule has 18 heavy (non-hydrogen) atoms. The van der Waals surface area contributed by atoms with Crippen LogP contribution in [0.2, 0.25) is 0 Å². The fourth-order valence-electron chi connectivity index (χ4n) is 1.35. The predicted octanol–water partition coefficient (Wildman–Crippen LogP) is 2.41. The SMILES string of the molecule is CC[C@H](C)NC(=O)CSc1nc(C)c(C)c(C)n1. The van der Waals surface area contributed by atoms with Crippen LogP contribution in [0.15, 0.2) is 5.16 Å². The molecule has 0 spiro atoms. The van der Waals surface area contributed by atoms with Crippen LogP contribution in [-0.2, 0) is 4.79 Å². The quantitative estimate of drug-likeness (QED) is 0.657. The van der Waals surface area contributed by atoms with Gasteiger partial charge < -0.3 is 5.32 Å². The lowest BCUT2D eigenvalue weighted by molar-refractivity contribution is -0.119. The molecule has 0 aliphatic carbocycles. The molecule has 0 radical (unpaired) electrons. The molecule has 5 heteroatoms. The van der Waals surface area contributed by atoms with E-state index in [1.807, 2.05) is 34.6 Å². The molecule has 4 nitrogen and oxygen atoms in total. The summed E-state index contributed by atoms with van der Waals surface area (Å²) in [6.07, 6.45) is 0.940. The van der Waals surface area contributed by atoms with Crippen molar-refractivity contribution in [1.29, 1.82) is 0 Å². The molecule has 1 rings (SSSR count). The molecule has 0 aromatic carbocycles. The van der Waals surface area contributed by atoms with E-state index in [2.05, 4.69) is 15.3 Å². The number of hydrogen-bond donors (Lipinski definition) is 1. The third-order valence-corrected chi connectivity index (χ3v) is 3.81. The zero-order chi connectivity index (χ0) is 13.7. The van der Waals surface area contributed by atoms with Gasteiger partial charge in [0.15, 0.2) is 5.16 Å². The molecular formula is C13H21N3OS. The highest BCUT2D eigenvalue weighted by Gasteiger charge is 2.09. The topological polar surface area (TPSA) is 54.9 Å². The first kappa shape index (κ1) is 15.0. The molecule has 0 aliphatic heterocycles. The highest BCUT2D eigenvalue weighted by Crippen LogP contribution is 2.16. The molecule has 1 aromatic heterocycles. The maximum Gasteiger partial charge on any atom is 0.230 e. The van der Waals surface area contributed by atoms with Gasteiger partial charge in [0.05, 0.1) is 5.75 Å². The molecule has 0 aliphatic rings. The number of aryl methyl sites for hydroxylation is 2. The van der Waals surface area contributed by atoms with Crippen LogP contribution >= 0.6 is 11.8 Å². The van der Waals surface area contributed by atoms with Crippen LogP contribution in [0.3, 0.4) is 0 Å². The highest BCUT2D eigenvalue weighted by molar-refractivity contribution is 7.99. The summed E-state index contributed by atoms with van der Waals surface area (Å²) in [5, 5.41) is 3.60. The van der Waals surface area contributed by atoms with Crippen LogP contribution < -0.4 is 5.32 Å². The Bertz CT molecular complexity index is 411. The first-order valence-corrected chi connectivity index (χ1v) is 7.16. The lowest BCUT2D eigenvalue weighted by atomic mass is 10.2. The minimum atomic E-state index is 0.0360. The van der Waals surface area contributed by atoms with E-state index in [0.717, 1.165) is 23.4 Å². The summed E-state index contributed by atoms with van der Waals surface area (Å²) < 4.78 is 0. The largest absolute Gasteiger partial charge is 0.353 e. The van der Waals surface area contributed by atoms with Crippen LogP contribution in [0.5, 0.6) is 0 Å². The zero-order valence-electron chi connectivity index (χ0n) is 11.7. The average molecular weight is 267 g/mol. The fourth-order valence-corrected chi connectivity index (χ4v) is 2.10. The molecule has 100 valence electrons. The van der Waals surface area contributed by atoms with Crippen LogP contribution in [0.25, 0.3) is 0 Å². The van der Waals surface area contributed by atoms with E-state index in [0.29, 0.717) is 10.9 Å². The third-order valence-electron chi connectivity index (χ3n) is 2.96. The average Bonchev–Trinajstić information content (AvgIpc) is 2.33. The van der Waals surface area contributed by atoms with Crippen molar-refractivity contribution in [3.63, 3.8) is 0 Å². The first-order valence-electron chi connectivity index (χ1n) is 6.18.